The third-order valence-corrected chi connectivity index (χ3v) is 3.45. The summed E-state index contributed by atoms with van der Waals surface area (Å²) in [6, 6.07) is 8.15. The van der Waals surface area contributed by atoms with Crippen LogP contribution in [0.4, 0.5) is 14.5 Å². The van der Waals surface area contributed by atoms with Gasteiger partial charge in [0.25, 0.3) is 5.91 Å². The van der Waals surface area contributed by atoms with Crippen molar-refractivity contribution in [3.8, 4) is 0 Å². The monoisotopic (exact) mass is 389 g/mol. The Bertz CT molecular complexity index is 647. The van der Waals surface area contributed by atoms with Gasteiger partial charge in [0.05, 0.1) is 10.0 Å². The lowest BCUT2D eigenvalue weighted by atomic mass is 10.2. The summed E-state index contributed by atoms with van der Waals surface area (Å²) in [7, 11) is 0. The van der Waals surface area contributed by atoms with E-state index in [1.807, 2.05) is 0 Å². The van der Waals surface area contributed by atoms with Crippen LogP contribution in [-0.2, 0) is 0 Å². The molecular formula is C13H7Br2F2NO. The molecule has 2 rings (SSSR count). The maximum absolute atomic E-state index is 13.6. The lowest BCUT2D eigenvalue weighted by Gasteiger charge is -2.07. The van der Waals surface area contributed by atoms with Gasteiger partial charge in [0.1, 0.15) is 11.6 Å². The third kappa shape index (κ3) is 3.39. The molecule has 2 aromatic carbocycles. The molecule has 0 aliphatic carbocycles. The molecular weight excluding hydrogens is 384 g/mol. The van der Waals surface area contributed by atoms with Crippen molar-refractivity contribution in [2.75, 3.05) is 5.32 Å². The fraction of sp³-hybridized carbons (Fsp3) is 0. The lowest BCUT2D eigenvalue weighted by molar-refractivity contribution is 0.102. The minimum atomic E-state index is -0.631. The van der Waals surface area contributed by atoms with Gasteiger partial charge in [-0.2, -0.15) is 0 Å². The molecule has 1 amide bonds. The zero-order chi connectivity index (χ0) is 14.0. The van der Waals surface area contributed by atoms with Crippen LogP contribution in [0, 0.1) is 11.6 Å². The smallest absolute Gasteiger partial charge is 0.258 e. The molecule has 0 atom stereocenters. The number of hydrogen-bond acceptors (Lipinski definition) is 1. The summed E-state index contributed by atoms with van der Waals surface area (Å²) in [5.74, 6) is -1.66. The molecule has 1 N–H and O–H groups in total. The maximum Gasteiger partial charge on any atom is 0.258 e. The lowest BCUT2D eigenvalue weighted by Crippen LogP contribution is -2.13. The van der Waals surface area contributed by atoms with E-state index in [0.29, 0.717) is 10.2 Å². The number of anilines is 1. The van der Waals surface area contributed by atoms with Gasteiger partial charge in [0.2, 0.25) is 0 Å². The summed E-state index contributed by atoms with van der Waals surface area (Å²) >= 11 is 6.12. The van der Waals surface area contributed by atoms with Crippen molar-refractivity contribution in [1.29, 1.82) is 0 Å². The second-order valence-electron chi connectivity index (χ2n) is 3.71. The average molecular weight is 391 g/mol. The molecule has 0 fully saturated rings. The van der Waals surface area contributed by atoms with Gasteiger partial charge in [-0.15, -0.1) is 0 Å². The zero-order valence-corrected chi connectivity index (χ0v) is 12.6. The van der Waals surface area contributed by atoms with Gasteiger partial charge in [0, 0.05) is 10.2 Å². The topological polar surface area (TPSA) is 29.1 Å². The summed E-state index contributed by atoms with van der Waals surface area (Å²) in [6.07, 6.45) is 0. The van der Waals surface area contributed by atoms with Crippen LogP contribution in [0.5, 0.6) is 0 Å². The molecule has 0 aliphatic heterocycles. The van der Waals surface area contributed by atoms with Crippen LogP contribution >= 0.6 is 31.9 Å². The molecule has 0 aromatic heterocycles. The molecule has 0 radical (unpaired) electrons. The number of halogens is 4. The number of carbonyl (C=O) groups is 1. The van der Waals surface area contributed by atoms with Crippen molar-refractivity contribution in [2.24, 2.45) is 0 Å². The minimum Gasteiger partial charge on any atom is -0.322 e. The largest absolute Gasteiger partial charge is 0.322 e. The Labute approximate surface area is 125 Å². The Morgan fingerprint density at radius 3 is 2.37 bits per heavy atom. The Morgan fingerprint density at radius 2 is 1.74 bits per heavy atom. The highest BCUT2D eigenvalue weighted by molar-refractivity contribution is 9.10. The number of nitrogens with one attached hydrogen (secondary N) is 1. The van der Waals surface area contributed by atoms with Gasteiger partial charge < -0.3 is 5.32 Å². The van der Waals surface area contributed by atoms with Gasteiger partial charge in [0.15, 0.2) is 0 Å². The fourth-order valence-electron chi connectivity index (χ4n) is 1.45. The number of rotatable bonds is 2. The van der Waals surface area contributed by atoms with Crippen molar-refractivity contribution < 1.29 is 13.6 Å². The van der Waals surface area contributed by atoms with E-state index in [-0.39, 0.29) is 10.0 Å². The first-order chi connectivity index (χ1) is 8.97. The van der Waals surface area contributed by atoms with E-state index in [0.717, 1.165) is 0 Å². The van der Waals surface area contributed by atoms with Crippen LogP contribution in [0.3, 0.4) is 0 Å². The van der Waals surface area contributed by atoms with E-state index in [2.05, 4.69) is 37.2 Å². The quantitative estimate of drug-likeness (QED) is 0.788. The van der Waals surface area contributed by atoms with E-state index in [4.69, 9.17) is 0 Å². The Kier molecular flexibility index (Phi) is 4.31. The summed E-state index contributed by atoms with van der Waals surface area (Å²) in [6.45, 7) is 0. The zero-order valence-electron chi connectivity index (χ0n) is 9.38. The Balaban J connectivity index is 2.23. The summed E-state index contributed by atoms with van der Waals surface area (Å²) in [4.78, 5) is 11.9. The first-order valence-corrected chi connectivity index (χ1v) is 6.77. The Morgan fingerprint density at radius 1 is 1.00 bits per heavy atom. The molecule has 0 saturated carbocycles. The molecule has 0 spiro atoms. The predicted octanol–water partition coefficient (Wildman–Crippen LogP) is 4.74. The highest BCUT2D eigenvalue weighted by Gasteiger charge is 2.12. The number of carbonyl (C=O) groups excluding carboxylic acids is 1. The van der Waals surface area contributed by atoms with Crippen molar-refractivity contribution in [3.05, 3.63) is 62.5 Å². The van der Waals surface area contributed by atoms with Crippen LogP contribution in [0.15, 0.2) is 45.3 Å². The average Bonchev–Trinajstić information content (AvgIpc) is 2.33. The summed E-state index contributed by atoms with van der Waals surface area (Å²) < 4.78 is 27.4. The van der Waals surface area contributed by atoms with Gasteiger partial charge in [-0.05, 0) is 52.3 Å². The first kappa shape index (κ1) is 14.1. The number of hydrogen-bond donors (Lipinski definition) is 1. The van der Waals surface area contributed by atoms with E-state index in [9.17, 15) is 13.6 Å². The van der Waals surface area contributed by atoms with Crippen LogP contribution in [-0.4, -0.2) is 5.91 Å². The second kappa shape index (κ2) is 5.79. The van der Waals surface area contributed by atoms with Crippen LogP contribution < -0.4 is 5.32 Å². The summed E-state index contributed by atoms with van der Waals surface area (Å²) in [5.41, 5.74) is 0.296. The van der Waals surface area contributed by atoms with Crippen molar-refractivity contribution >= 4 is 43.5 Å². The molecule has 0 aliphatic rings. The molecule has 0 bridgehead atoms. The molecule has 0 saturated heterocycles. The van der Waals surface area contributed by atoms with Crippen LogP contribution in [0.25, 0.3) is 0 Å². The molecule has 2 aromatic rings. The van der Waals surface area contributed by atoms with Crippen molar-refractivity contribution in [1.82, 2.24) is 0 Å². The van der Waals surface area contributed by atoms with E-state index in [1.165, 1.54) is 30.3 Å². The first-order valence-electron chi connectivity index (χ1n) is 5.19. The minimum absolute atomic E-state index is 0.0800. The molecule has 6 heteroatoms. The number of benzene rings is 2. The molecule has 19 heavy (non-hydrogen) atoms. The van der Waals surface area contributed by atoms with E-state index >= 15 is 0 Å². The van der Waals surface area contributed by atoms with Gasteiger partial charge in [-0.25, -0.2) is 8.78 Å². The van der Waals surface area contributed by atoms with E-state index < -0.39 is 17.5 Å². The summed E-state index contributed by atoms with van der Waals surface area (Å²) in [5, 5.41) is 2.50. The van der Waals surface area contributed by atoms with E-state index in [1.54, 1.807) is 6.07 Å². The molecule has 0 unspecified atom stereocenters. The van der Waals surface area contributed by atoms with Crippen molar-refractivity contribution in [3.63, 3.8) is 0 Å². The van der Waals surface area contributed by atoms with Crippen LogP contribution in [0.1, 0.15) is 10.4 Å². The molecule has 2 nitrogen and oxygen atoms in total. The van der Waals surface area contributed by atoms with Gasteiger partial charge >= 0.3 is 0 Å². The second-order valence-corrected chi connectivity index (χ2v) is 5.48. The van der Waals surface area contributed by atoms with Crippen LogP contribution in [0.2, 0.25) is 0 Å². The highest BCUT2D eigenvalue weighted by atomic mass is 79.9. The fourth-order valence-corrected chi connectivity index (χ4v) is 2.16. The Hall–Kier alpha value is -1.27. The molecule has 98 valence electrons. The SMILES string of the molecule is O=C(Nc1ccc(F)c(Br)c1)c1ccc(Br)cc1F. The maximum atomic E-state index is 13.6. The normalized spacial score (nSPS) is 10.3. The van der Waals surface area contributed by atoms with Gasteiger partial charge in [-0.1, -0.05) is 15.9 Å². The standard InChI is InChI=1S/C13H7Br2F2NO/c14-7-1-3-9(12(17)5-7)13(19)18-8-2-4-11(16)10(15)6-8/h1-6H,(H,18,19). The van der Waals surface area contributed by atoms with Gasteiger partial charge in [-0.3, -0.25) is 4.79 Å². The molecule has 0 heterocycles. The third-order valence-electron chi connectivity index (χ3n) is 2.35. The predicted molar refractivity (Wildman–Crippen MR) is 76.2 cm³/mol. The highest BCUT2D eigenvalue weighted by Crippen LogP contribution is 2.21. The van der Waals surface area contributed by atoms with Crippen molar-refractivity contribution in [2.45, 2.75) is 0 Å². The number of amides is 1.